The van der Waals surface area contributed by atoms with Gasteiger partial charge in [-0.25, -0.2) is 0 Å². The molecule has 0 N–H and O–H groups in total. The van der Waals surface area contributed by atoms with Crippen LogP contribution >= 0.6 is 22.6 Å². The molecule has 1 aromatic rings. The van der Waals surface area contributed by atoms with E-state index in [1.54, 1.807) is 0 Å². The Labute approximate surface area is 80.5 Å². The van der Waals surface area contributed by atoms with Gasteiger partial charge in [-0.1, -0.05) is 46.7 Å². The first kappa shape index (κ1) is 8.35. The van der Waals surface area contributed by atoms with Crippen LogP contribution in [0.15, 0.2) is 28.3 Å². The van der Waals surface area contributed by atoms with Gasteiger partial charge in [0, 0.05) is 5.56 Å². The second kappa shape index (κ2) is 4.20. The highest BCUT2D eigenvalue weighted by molar-refractivity contribution is 14.1. The van der Waals surface area contributed by atoms with Gasteiger partial charge in [-0.15, -0.1) is 6.42 Å². The summed E-state index contributed by atoms with van der Waals surface area (Å²) in [6, 6.07) is 7.86. The van der Waals surface area contributed by atoms with Crippen molar-refractivity contribution in [3.63, 3.8) is 0 Å². The number of benzene rings is 1. The van der Waals surface area contributed by atoms with Gasteiger partial charge in [0.2, 0.25) is 0 Å². The average Bonchev–Trinajstić information content (AvgIpc) is 2.06. The molecule has 1 aromatic carbocycles. The molecule has 0 radical (unpaired) electrons. The highest BCUT2D eigenvalue weighted by Gasteiger charge is 1.91. The molecular formula is C10H7I. The Bertz CT molecular complexity index is 305. The predicted molar refractivity (Wildman–Crippen MR) is 57.4 cm³/mol. The Morgan fingerprint density at radius 3 is 2.73 bits per heavy atom. The topological polar surface area (TPSA) is 0 Å². The number of hydrogen-bond donors (Lipinski definition) is 0. The standard InChI is InChI=1S/C10H7I/c1-2-9-5-3-4-6-10(9)7-8-11/h1,3-8H/b8-7+. The van der Waals surface area contributed by atoms with Gasteiger partial charge >= 0.3 is 0 Å². The van der Waals surface area contributed by atoms with E-state index in [1.807, 2.05) is 34.4 Å². The van der Waals surface area contributed by atoms with E-state index >= 15 is 0 Å². The molecule has 0 aliphatic rings. The normalized spacial score (nSPS) is 9.82. The van der Waals surface area contributed by atoms with Crippen molar-refractivity contribution in [2.45, 2.75) is 0 Å². The fraction of sp³-hybridized carbons (Fsp3) is 0. The largest absolute Gasteiger partial charge is 0.115 e. The lowest BCUT2D eigenvalue weighted by Crippen LogP contribution is -1.78. The van der Waals surface area contributed by atoms with Crippen LogP contribution in [-0.4, -0.2) is 0 Å². The minimum Gasteiger partial charge on any atom is -0.115 e. The fourth-order valence-corrected chi connectivity index (χ4v) is 1.23. The third-order valence-electron chi connectivity index (χ3n) is 1.36. The van der Waals surface area contributed by atoms with E-state index in [9.17, 15) is 0 Å². The molecule has 54 valence electrons. The summed E-state index contributed by atoms with van der Waals surface area (Å²) in [5, 5.41) is 0. The quantitative estimate of drug-likeness (QED) is 0.533. The molecule has 0 heterocycles. The van der Waals surface area contributed by atoms with E-state index in [4.69, 9.17) is 6.42 Å². The predicted octanol–water partition coefficient (Wildman–Crippen LogP) is 3.07. The Hall–Kier alpha value is -0.750. The smallest absolute Gasteiger partial charge is 0.0315 e. The van der Waals surface area contributed by atoms with Crippen molar-refractivity contribution in [3.8, 4) is 12.3 Å². The van der Waals surface area contributed by atoms with E-state index < -0.39 is 0 Å². The van der Waals surface area contributed by atoms with Crippen LogP contribution in [0.1, 0.15) is 11.1 Å². The lowest BCUT2D eigenvalue weighted by molar-refractivity contribution is 1.61. The molecule has 0 saturated heterocycles. The van der Waals surface area contributed by atoms with Crippen molar-refractivity contribution in [2.24, 2.45) is 0 Å². The molecule has 0 atom stereocenters. The average molecular weight is 254 g/mol. The van der Waals surface area contributed by atoms with Crippen LogP contribution in [0, 0.1) is 12.3 Å². The van der Waals surface area contributed by atoms with Crippen LogP contribution in [0.5, 0.6) is 0 Å². The summed E-state index contributed by atoms with van der Waals surface area (Å²) >= 11 is 2.17. The van der Waals surface area contributed by atoms with E-state index in [-0.39, 0.29) is 0 Å². The first-order valence-electron chi connectivity index (χ1n) is 3.21. The summed E-state index contributed by atoms with van der Waals surface area (Å²) in [6.45, 7) is 0. The highest BCUT2D eigenvalue weighted by atomic mass is 127. The zero-order valence-electron chi connectivity index (χ0n) is 5.92. The minimum absolute atomic E-state index is 0.945. The number of halogens is 1. The molecule has 1 rings (SSSR count). The summed E-state index contributed by atoms with van der Waals surface area (Å²) in [4.78, 5) is 0. The van der Waals surface area contributed by atoms with Crippen LogP contribution in [0.3, 0.4) is 0 Å². The molecule has 0 aliphatic carbocycles. The summed E-state index contributed by atoms with van der Waals surface area (Å²) in [7, 11) is 0. The molecular weight excluding hydrogens is 247 g/mol. The second-order valence-electron chi connectivity index (χ2n) is 2.02. The lowest BCUT2D eigenvalue weighted by Gasteiger charge is -1.95. The van der Waals surface area contributed by atoms with Gasteiger partial charge < -0.3 is 0 Å². The van der Waals surface area contributed by atoms with Crippen LogP contribution < -0.4 is 0 Å². The molecule has 0 unspecified atom stereocenters. The van der Waals surface area contributed by atoms with Crippen LogP contribution in [0.2, 0.25) is 0 Å². The molecule has 0 aromatic heterocycles. The number of rotatable bonds is 1. The van der Waals surface area contributed by atoms with Gasteiger partial charge in [-0.2, -0.15) is 0 Å². The van der Waals surface area contributed by atoms with Crippen molar-refractivity contribution in [1.29, 1.82) is 0 Å². The highest BCUT2D eigenvalue weighted by Crippen LogP contribution is 2.09. The van der Waals surface area contributed by atoms with E-state index in [0.29, 0.717) is 0 Å². The first-order valence-corrected chi connectivity index (χ1v) is 4.45. The minimum atomic E-state index is 0.945. The summed E-state index contributed by atoms with van der Waals surface area (Å²) < 4.78 is 1.95. The van der Waals surface area contributed by atoms with Crippen LogP contribution in [0.4, 0.5) is 0 Å². The first-order chi connectivity index (χ1) is 5.38. The van der Waals surface area contributed by atoms with Crippen molar-refractivity contribution in [3.05, 3.63) is 39.5 Å². The number of terminal acetylenes is 1. The van der Waals surface area contributed by atoms with Gasteiger partial charge in [0.1, 0.15) is 0 Å². The fourth-order valence-electron chi connectivity index (χ4n) is 0.842. The van der Waals surface area contributed by atoms with E-state index in [0.717, 1.165) is 11.1 Å². The van der Waals surface area contributed by atoms with Crippen LogP contribution in [0.25, 0.3) is 6.08 Å². The van der Waals surface area contributed by atoms with E-state index in [1.165, 1.54) is 0 Å². The third-order valence-corrected chi connectivity index (χ3v) is 1.72. The summed E-state index contributed by atoms with van der Waals surface area (Å²) in [6.07, 6.45) is 7.29. The molecule has 0 saturated carbocycles. The maximum Gasteiger partial charge on any atom is 0.0315 e. The van der Waals surface area contributed by atoms with Crippen LogP contribution in [-0.2, 0) is 0 Å². The zero-order valence-corrected chi connectivity index (χ0v) is 8.08. The maximum absolute atomic E-state index is 5.29. The molecule has 11 heavy (non-hydrogen) atoms. The SMILES string of the molecule is C#Cc1ccccc1/C=C/I. The van der Waals surface area contributed by atoms with E-state index in [2.05, 4.69) is 28.5 Å². The van der Waals surface area contributed by atoms with Crippen molar-refractivity contribution < 1.29 is 0 Å². The Morgan fingerprint density at radius 1 is 1.36 bits per heavy atom. The molecule has 0 spiro atoms. The molecule has 0 amide bonds. The zero-order chi connectivity index (χ0) is 8.10. The monoisotopic (exact) mass is 254 g/mol. The van der Waals surface area contributed by atoms with Gasteiger partial charge in [-0.05, 0) is 21.8 Å². The van der Waals surface area contributed by atoms with Crippen molar-refractivity contribution in [2.75, 3.05) is 0 Å². The lowest BCUT2D eigenvalue weighted by atomic mass is 10.1. The molecule has 0 fully saturated rings. The Kier molecular flexibility index (Phi) is 3.18. The summed E-state index contributed by atoms with van der Waals surface area (Å²) in [5.74, 6) is 2.63. The van der Waals surface area contributed by atoms with Crippen molar-refractivity contribution in [1.82, 2.24) is 0 Å². The van der Waals surface area contributed by atoms with Gasteiger partial charge in [0.25, 0.3) is 0 Å². The van der Waals surface area contributed by atoms with Gasteiger partial charge in [0.05, 0.1) is 0 Å². The molecule has 0 bridgehead atoms. The van der Waals surface area contributed by atoms with Gasteiger partial charge in [0.15, 0.2) is 0 Å². The molecule has 1 heteroatoms. The Morgan fingerprint density at radius 2 is 2.09 bits per heavy atom. The Balaban J connectivity index is 3.15. The summed E-state index contributed by atoms with van der Waals surface area (Å²) in [5.41, 5.74) is 2.05. The second-order valence-corrected chi connectivity index (χ2v) is 2.74. The number of hydrogen-bond acceptors (Lipinski definition) is 0. The molecule has 0 nitrogen and oxygen atoms in total. The molecule has 0 aliphatic heterocycles. The van der Waals surface area contributed by atoms with Gasteiger partial charge in [-0.3, -0.25) is 0 Å². The maximum atomic E-state index is 5.29. The third kappa shape index (κ3) is 2.09. The van der Waals surface area contributed by atoms with Crippen molar-refractivity contribution >= 4 is 28.7 Å².